The zero-order valence-corrected chi connectivity index (χ0v) is 16.7. The molecule has 0 aromatic heterocycles. The minimum absolute atomic E-state index is 0.131. The van der Waals surface area contributed by atoms with E-state index in [4.69, 9.17) is 4.74 Å². The summed E-state index contributed by atoms with van der Waals surface area (Å²) in [5.41, 5.74) is 3.15. The van der Waals surface area contributed by atoms with E-state index < -0.39 is 0 Å². The summed E-state index contributed by atoms with van der Waals surface area (Å²) >= 11 is 0. The molecule has 2 aliphatic heterocycles. The molecule has 0 N–H and O–H groups in total. The summed E-state index contributed by atoms with van der Waals surface area (Å²) in [6, 6.07) is 17.1. The van der Waals surface area contributed by atoms with Gasteiger partial charge in [0.05, 0.1) is 24.8 Å². The molecule has 0 saturated carbocycles. The van der Waals surface area contributed by atoms with Crippen LogP contribution in [0, 0.1) is 0 Å². The zero-order valence-electron chi connectivity index (χ0n) is 16.7. The number of rotatable bonds is 6. The standard InChI is InChI=1S/C24H26N2O3/c1-2-16-29-21-10-8-20(9-11-21)26-23(27)17-22(24(26)28)25-14-12-19(13-15-25)18-6-4-3-5-7-18/h3-12,22H,2,13-17H2,1H3/t22-/m0/s1. The molecule has 0 unspecified atom stereocenters. The molecule has 29 heavy (non-hydrogen) atoms. The smallest absolute Gasteiger partial charge is 0.251 e. The van der Waals surface area contributed by atoms with Crippen LogP contribution >= 0.6 is 0 Å². The number of hydrogen-bond acceptors (Lipinski definition) is 4. The fraction of sp³-hybridized carbons (Fsp3) is 0.333. The first-order chi connectivity index (χ1) is 14.2. The molecule has 1 saturated heterocycles. The molecule has 5 nitrogen and oxygen atoms in total. The van der Waals surface area contributed by atoms with E-state index in [-0.39, 0.29) is 24.3 Å². The van der Waals surface area contributed by atoms with Gasteiger partial charge in [0.15, 0.2) is 0 Å². The Morgan fingerprint density at radius 2 is 1.79 bits per heavy atom. The van der Waals surface area contributed by atoms with E-state index >= 15 is 0 Å². The lowest BCUT2D eigenvalue weighted by Crippen LogP contribution is -2.44. The molecule has 0 aliphatic carbocycles. The first kappa shape index (κ1) is 19.4. The summed E-state index contributed by atoms with van der Waals surface area (Å²) in [5.74, 6) is 0.481. The second-order valence-corrected chi connectivity index (χ2v) is 7.47. The Labute approximate surface area is 171 Å². The molecular formula is C24H26N2O3. The number of ether oxygens (including phenoxy) is 1. The number of benzene rings is 2. The Bertz CT molecular complexity index is 905. The van der Waals surface area contributed by atoms with Crippen molar-refractivity contribution in [3.05, 3.63) is 66.2 Å². The Balaban J connectivity index is 1.44. The molecule has 2 aromatic carbocycles. The predicted molar refractivity (Wildman–Crippen MR) is 114 cm³/mol. The van der Waals surface area contributed by atoms with Gasteiger partial charge in [0, 0.05) is 13.1 Å². The van der Waals surface area contributed by atoms with Crippen LogP contribution in [0.3, 0.4) is 0 Å². The fourth-order valence-corrected chi connectivity index (χ4v) is 3.97. The van der Waals surface area contributed by atoms with Gasteiger partial charge in [-0.2, -0.15) is 0 Å². The molecule has 2 aliphatic rings. The Morgan fingerprint density at radius 3 is 2.45 bits per heavy atom. The van der Waals surface area contributed by atoms with Crippen LogP contribution in [-0.2, 0) is 9.59 Å². The highest BCUT2D eigenvalue weighted by Gasteiger charge is 2.42. The van der Waals surface area contributed by atoms with Crippen molar-refractivity contribution in [1.82, 2.24) is 4.90 Å². The van der Waals surface area contributed by atoms with Gasteiger partial charge in [-0.25, -0.2) is 4.90 Å². The maximum Gasteiger partial charge on any atom is 0.251 e. The monoisotopic (exact) mass is 390 g/mol. The summed E-state index contributed by atoms with van der Waals surface area (Å²) < 4.78 is 5.59. The molecule has 2 heterocycles. The topological polar surface area (TPSA) is 49.9 Å². The van der Waals surface area contributed by atoms with Crippen molar-refractivity contribution in [3.8, 4) is 5.75 Å². The number of imide groups is 1. The Kier molecular flexibility index (Phi) is 5.76. The van der Waals surface area contributed by atoms with E-state index in [1.807, 2.05) is 30.3 Å². The van der Waals surface area contributed by atoms with Crippen LogP contribution in [0.4, 0.5) is 5.69 Å². The SMILES string of the molecule is CCCOc1ccc(N2C(=O)C[C@H](N3CC=C(c4ccccc4)CC3)C2=O)cc1. The fourth-order valence-electron chi connectivity index (χ4n) is 3.97. The van der Waals surface area contributed by atoms with Gasteiger partial charge in [0.1, 0.15) is 5.75 Å². The second-order valence-electron chi connectivity index (χ2n) is 7.47. The van der Waals surface area contributed by atoms with E-state index in [9.17, 15) is 9.59 Å². The van der Waals surface area contributed by atoms with Crippen LogP contribution in [0.5, 0.6) is 5.75 Å². The average molecular weight is 390 g/mol. The Morgan fingerprint density at radius 1 is 1.03 bits per heavy atom. The maximum absolute atomic E-state index is 13.0. The van der Waals surface area contributed by atoms with Gasteiger partial charge in [-0.15, -0.1) is 0 Å². The van der Waals surface area contributed by atoms with Crippen molar-refractivity contribution < 1.29 is 14.3 Å². The van der Waals surface area contributed by atoms with Crippen LogP contribution < -0.4 is 9.64 Å². The van der Waals surface area contributed by atoms with Crippen LogP contribution in [0.2, 0.25) is 0 Å². The molecule has 2 amide bonds. The highest BCUT2D eigenvalue weighted by molar-refractivity contribution is 6.22. The molecule has 1 fully saturated rings. The Hall–Kier alpha value is -2.92. The number of carbonyl (C=O) groups is 2. The van der Waals surface area contributed by atoms with E-state index in [2.05, 4.69) is 30.0 Å². The van der Waals surface area contributed by atoms with Crippen LogP contribution in [0.25, 0.3) is 5.57 Å². The number of nitrogens with zero attached hydrogens (tertiary/aromatic N) is 2. The highest BCUT2D eigenvalue weighted by Crippen LogP contribution is 2.30. The summed E-state index contributed by atoms with van der Waals surface area (Å²) in [6.45, 7) is 4.17. The molecule has 1 atom stereocenters. The van der Waals surface area contributed by atoms with Crippen LogP contribution in [-0.4, -0.2) is 42.5 Å². The third-order valence-electron chi connectivity index (χ3n) is 5.52. The quantitative estimate of drug-likeness (QED) is 0.702. The molecule has 4 rings (SSSR count). The molecule has 5 heteroatoms. The van der Waals surface area contributed by atoms with Gasteiger partial charge in [0.2, 0.25) is 5.91 Å². The van der Waals surface area contributed by atoms with Crippen molar-refractivity contribution in [2.75, 3.05) is 24.6 Å². The van der Waals surface area contributed by atoms with Gasteiger partial charge < -0.3 is 4.74 Å². The number of carbonyl (C=O) groups excluding carboxylic acids is 2. The van der Waals surface area contributed by atoms with Gasteiger partial charge in [-0.05, 0) is 48.2 Å². The van der Waals surface area contributed by atoms with Crippen molar-refractivity contribution in [2.45, 2.75) is 32.2 Å². The first-order valence-electron chi connectivity index (χ1n) is 10.3. The minimum Gasteiger partial charge on any atom is -0.494 e. The lowest BCUT2D eigenvalue weighted by atomic mass is 9.98. The summed E-state index contributed by atoms with van der Waals surface area (Å²) in [5, 5.41) is 0. The van der Waals surface area contributed by atoms with Gasteiger partial charge in [-0.3, -0.25) is 14.5 Å². The average Bonchev–Trinajstić information content (AvgIpc) is 3.07. The van der Waals surface area contributed by atoms with Gasteiger partial charge in [0.25, 0.3) is 5.91 Å². The minimum atomic E-state index is -0.382. The molecule has 2 aromatic rings. The first-order valence-corrected chi connectivity index (χ1v) is 10.3. The highest BCUT2D eigenvalue weighted by atomic mass is 16.5. The lowest BCUT2D eigenvalue weighted by Gasteiger charge is -2.30. The third kappa shape index (κ3) is 4.10. The molecular weight excluding hydrogens is 364 g/mol. The number of hydrogen-bond donors (Lipinski definition) is 0. The second kappa shape index (κ2) is 8.62. The van der Waals surface area contributed by atoms with Crippen molar-refractivity contribution in [3.63, 3.8) is 0 Å². The maximum atomic E-state index is 13.0. The van der Waals surface area contributed by atoms with Crippen LogP contribution in [0.15, 0.2) is 60.7 Å². The summed E-state index contributed by atoms with van der Waals surface area (Å²) in [7, 11) is 0. The third-order valence-corrected chi connectivity index (χ3v) is 5.52. The van der Waals surface area contributed by atoms with Gasteiger partial charge >= 0.3 is 0 Å². The molecule has 150 valence electrons. The molecule has 0 bridgehead atoms. The zero-order chi connectivity index (χ0) is 20.2. The summed E-state index contributed by atoms with van der Waals surface area (Å²) in [6.07, 6.45) is 4.23. The summed E-state index contributed by atoms with van der Waals surface area (Å²) in [4.78, 5) is 29.1. The van der Waals surface area contributed by atoms with E-state index in [1.54, 1.807) is 12.1 Å². The lowest BCUT2D eigenvalue weighted by molar-refractivity contribution is -0.122. The molecule has 0 radical (unpaired) electrons. The normalized spacial score (nSPS) is 20.1. The van der Waals surface area contributed by atoms with E-state index in [1.165, 1.54) is 16.0 Å². The number of amides is 2. The van der Waals surface area contributed by atoms with E-state index in [0.29, 0.717) is 18.8 Å². The van der Waals surface area contributed by atoms with Crippen LogP contribution in [0.1, 0.15) is 31.7 Å². The van der Waals surface area contributed by atoms with Crippen molar-refractivity contribution in [2.24, 2.45) is 0 Å². The van der Waals surface area contributed by atoms with Gasteiger partial charge in [-0.1, -0.05) is 43.3 Å². The predicted octanol–water partition coefficient (Wildman–Crippen LogP) is 3.90. The number of anilines is 1. The molecule has 0 spiro atoms. The van der Waals surface area contributed by atoms with Crippen molar-refractivity contribution >= 4 is 23.1 Å². The van der Waals surface area contributed by atoms with E-state index in [0.717, 1.165) is 25.1 Å². The largest absolute Gasteiger partial charge is 0.494 e. The van der Waals surface area contributed by atoms with Crippen molar-refractivity contribution in [1.29, 1.82) is 0 Å².